The standard InChI is InChI=1S/C20H20N2O3S/c1-14-10-12-21(16-7-3-5-9-18(16)26-14)19(23)11-13-22-15-6-2-4-8-17(15)25-20(22)24/h2-9,14H,10-13H2,1H3/t14-/m0/s1. The largest absolute Gasteiger partial charge is 0.419 e. The number of oxazole rings is 1. The first-order chi connectivity index (χ1) is 12.6. The SMILES string of the molecule is C[C@H]1CCN(C(=O)CCn2c(=O)oc3ccccc32)c2ccccc2S1. The summed E-state index contributed by atoms with van der Waals surface area (Å²) in [5.41, 5.74) is 2.25. The molecule has 0 fully saturated rings. The summed E-state index contributed by atoms with van der Waals surface area (Å²) in [5.74, 6) is -0.385. The number of para-hydroxylation sites is 3. The maximum atomic E-state index is 12.9. The maximum Gasteiger partial charge on any atom is 0.419 e. The Hall–Kier alpha value is -2.47. The Morgan fingerprint density at radius 3 is 2.85 bits per heavy atom. The summed E-state index contributed by atoms with van der Waals surface area (Å²) in [5, 5.41) is 0.467. The minimum absolute atomic E-state index is 0.0318. The number of amides is 1. The Bertz CT molecular complexity index is 1010. The molecule has 1 amide bonds. The molecule has 0 saturated carbocycles. The van der Waals surface area contributed by atoms with E-state index < -0.39 is 5.76 Å². The monoisotopic (exact) mass is 368 g/mol. The van der Waals surface area contributed by atoms with Crippen molar-refractivity contribution in [2.75, 3.05) is 11.4 Å². The summed E-state index contributed by atoms with van der Waals surface area (Å²) < 4.78 is 6.78. The number of carbonyl (C=O) groups is 1. The van der Waals surface area contributed by atoms with E-state index in [0.29, 0.717) is 23.9 Å². The molecule has 26 heavy (non-hydrogen) atoms. The van der Waals surface area contributed by atoms with Crippen molar-refractivity contribution >= 4 is 34.5 Å². The summed E-state index contributed by atoms with van der Waals surface area (Å²) in [6.45, 7) is 3.20. The molecule has 1 aliphatic rings. The quantitative estimate of drug-likeness (QED) is 0.703. The number of carbonyl (C=O) groups excluding carboxylic acids is 1. The van der Waals surface area contributed by atoms with Gasteiger partial charge >= 0.3 is 5.76 Å². The van der Waals surface area contributed by atoms with E-state index in [2.05, 4.69) is 13.0 Å². The molecule has 6 heteroatoms. The van der Waals surface area contributed by atoms with Gasteiger partial charge in [-0.15, -0.1) is 11.8 Å². The smallest absolute Gasteiger partial charge is 0.408 e. The Balaban J connectivity index is 1.57. The molecule has 1 aliphatic heterocycles. The zero-order chi connectivity index (χ0) is 18.1. The van der Waals surface area contributed by atoms with Crippen LogP contribution in [0.25, 0.3) is 11.1 Å². The molecule has 2 aromatic carbocycles. The van der Waals surface area contributed by atoms with Crippen LogP contribution in [-0.2, 0) is 11.3 Å². The molecule has 3 aromatic rings. The molecule has 0 spiro atoms. The van der Waals surface area contributed by atoms with Gasteiger partial charge in [-0.2, -0.15) is 0 Å². The van der Waals surface area contributed by atoms with E-state index in [4.69, 9.17) is 4.42 Å². The summed E-state index contributed by atoms with van der Waals surface area (Å²) in [6.07, 6.45) is 1.20. The molecular formula is C20H20N2O3S. The third kappa shape index (κ3) is 3.17. The van der Waals surface area contributed by atoms with Crippen molar-refractivity contribution in [3.8, 4) is 0 Å². The van der Waals surface area contributed by atoms with E-state index in [1.54, 1.807) is 6.07 Å². The molecule has 2 heterocycles. The fourth-order valence-corrected chi connectivity index (χ4v) is 4.43. The Morgan fingerprint density at radius 2 is 1.96 bits per heavy atom. The lowest BCUT2D eigenvalue weighted by atomic mass is 10.2. The van der Waals surface area contributed by atoms with Crippen molar-refractivity contribution in [1.29, 1.82) is 0 Å². The normalized spacial score (nSPS) is 17.1. The van der Waals surface area contributed by atoms with Crippen molar-refractivity contribution in [3.63, 3.8) is 0 Å². The molecule has 4 rings (SSSR count). The topological polar surface area (TPSA) is 55.5 Å². The van der Waals surface area contributed by atoms with Crippen LogP contribution >= 0.6 is 11.8 Å². The molecule has 5 nitrogen and oxygen atoms in total. The highest BCUT2D eigenvalue weighted by Crippen LogP contribution is 2.37. The van der Waals surface area contributed by atoms with E-state index in [-0.39, 0.29) is 12.3 Å². The van der Waals surface area contributed by atoms with Crippen LogP contribution in [0.5, 0.6) is 0 Å². The van der Waals surface area contributed by atoms with Gasteiger partial charge in [-0.1, -0.05) is 31.2 Å². The Kier molecular flexibility index (Phi) is 4.59. The number of nitrogens with zero attached hydrogens (tertiary/aromatic N) is 2. The molecule has 1 atom stereocenters. The van der Waals surface area contributed by atoms with Crippen LogP contribution in [0.15, 0.2) is 62.6 Å². The first kappa shape index (κ1) is 17.0. The molecule has 134 valence electrons. The number of anilines is 1. The van der Waals surface area contributed by atoms with E-state index in [1.807, 2.05) is 53.1 Å². The van der Waals surface area contributed by atoms with Gasteiger partial charge in [0, 0.05) is 29.7 Å². The third-order valence-corrected chi connectivity index (χ3v) is 5.90. The van der Waals surface area contributed by atoms with Crippen molar-refractivity contribution in [2.24, 2.45) is 0 Å². The van der Waals surface area contributed by atoms with Gasteiger partial charge < -0.3 is 9.32 Å². The first-order valence-corrected chi connectivity index (χ1v) is 9.66. The highest BCUT2D eigenvalue weighted by Gasteiger charge is 2.24. The Morgan fingerprint density at radius 1 is 1.19 bits per heavy atom. The van der Waals surface area contributed by atoms with Crippen LogP contribution in [0.2, 0.25) is 0 Å². The van der Waals surface area contributed by atoms with E-state index in [9.17, 15) is 9.59 Å². The molecule has 0 saturated heterocycles. The number of thioether (sulfide) groups is 1. The predicted molar refractivity (Wildman–Crippen MR) is 104 cm³/mol. The average Bonchev–Trinajstić information content (AvgIpc) is 2.85. The Labute approximate surface area is 155 Å². The zero-order valence-corrected chi connectivity index (χ0v) is 15.4. The van der Waals surface area contributed by atoms with Crippen LogP contribution in [0.3, 0.4) is 0 Å². The summed E-state index contributed by atoms with van der Waals surface area (Å²) in [4.78, 5) is 28.0. The number of aromatic nitrogens is 1. The van der Waals surface area contributed by atoms with Gasteiger partial charge in [-0.25, -0.2) is 4.79 Å². The van der Waals surface area contributed by atoms with Gasteiger partial charge in [0.15, 0.2) is 5.58 Å². The third-order valence-electron chi connectivity index (χ3n) is 4.67. The number of fused-ring (bicyclic) bond motifs is 2. The summed E-state index contributed by atoms with van der Waals surface area (Å²) in [7, 11) is 0. The zero-order valence-electron chi connectivity index (χ0n) is 14.6. The first-order valence-electron chi connectivity index (χ1n) is 8.78. The van der Waals surface area contributed by atoms with Gasteiger partial charge in [-0.05, 0) is 30.7 Å². The maximum absolute atomic E-state index is 12.9. The number of rotatable bonds is 3. The summed E-state index contributed by atoms with van der Waals surface area (Å²) >= 11 is 1.81. The molecule has 0 N–H and O–H groups in total. The summed E-state index contributed by atoms with van der Waals surface area (Å²) in [6, 6.07) is 15.3. The number of aryl methyl sites for hydroxylation is 1. The van der Waals surface area contributed by atoms with Crippen LogP contribution in [0.4, 0.5) is 5.69 Å². The number of benzene rings is 2. The minimum atomic E-state index is -0.417. The fraction of sp³-hybridized carbons (Fsp3) is 0.300. The van der Waals surface area contributed by atoms with Crippen molar-refractivity contribution < 1.29 is 9.21 Å². The number of hydrogen-bond acceptors (Lipinski definition) is 4. The number of hydrogen-bond donors (Lipinski definition) is 0. The van der Waals surface area contributed by atoms with Crippen LogP contribution < -0.4 is 10.7 Å². The minimum Gasteiger partial charge on any atom is -0.408 e. The van der Waals surface area contributed by atoms with Gasteiger partial charge in [0.05, 0.1) is 11.2 Å². The lowest BCUT2D eigenvalue weighted by Crippen LogP contribution is -2.33. The average molecular weight is 368 g/mol. The second-order valence-electron chi connectivity index (χ2n) is 6.47. The van der Waals surface area contributed by atoms with Crippen LogP contribution in [0.1, 0.15) is 19.8 Å². The van der Waals surface area contributed by atoms with E-state index in [1.165, 1.54) is 4.57 Å². The molecule has 0 radical (unpaired) electrons. The van der Waals surface area contributed by atoms with Gasteiger partial charge in [0.2, 0.25) is 5.91 Å². The lowest BCUT2D eigenvalue weighted by molar-refractivity contribution is -0.118. The molecule has 0 unspecified atom stereocenters. The predicted octanol–water partition coefficient (Wildman–Crippen LogP) is 3.90. The van der Waals surface area contributed by atoms with Gasteiger partial charge in [0.25, 0.3) is 0 Å². The van der Waals surface area contributed by atoms with E-state index in [0.717, 1.165) is 22.5 Å². The van der Waals surface area contributed by atoms with E-state index >= 15 is 0 Å². The molecule has 0 aliphatic carbocycles. The second kappa shape index (κ2) is 7.03. The van der Waals surface area contributed by atoms with Crippen molar-refractivity contribution in [2.45, 2.75) is 36.5 Å². The van der Waals surface area contributed by atoms with Crippen molar-refractivity contribution in [1.82, 2.24) is 4.57 Å². The van der Waals surface area contributed by atoms with Gasteiger partial charge in [-0.3, -0.25) is 9.36 Å². The molecular weight excluding hydrogens is 348 g/mol. The van der Waals surface area contributed by atoms with Crippen molar-refractivity contribution in [3.05, 3.63) is 59.1 Å². The van der Waals surface area contributed by atoms with Crippen LogP contribution in [-0.4, -0.2) is 22.3 Å². The fourth-order valence-electron chi connectivity index (χ4n) is 3.31. The molecule has 0 bridgehead atoms. The van der Waals surface area contributed by atoms with Gasteiger partial charge in [0.1, 0.15) is 0 Å². The second-order valence-corrected chi connectivity index (χ2v) is 7.95. The van der Waals surface area contributed by atoms with Crippen LogP contribution in [0, 0.1) is 0 Å². The highest BCUT2D eigenvalue weighted by atomic mass is 32.2. The lowest BCUT2D eigenvalue weighted by Gasteiger charge is -2.22. The molecule has 1 aromatic heterocycles. The highest BCUT2D eigenvalue weighted by molar-refractivity contribution is 8.00.